The molecule has 112 valence electrons. The summed E-state index contributed by atoms with van der Waals surface area (Å²) in [6.07, 6.45) is 5.96. The number of nitrogens with one attached hydrogen (secondary N) is 2. The van der Waals surface area contributed by atoms with Crippen molar-refractivity contribution < 1.29 is 4.79 Å². The van der Waals surface area contributed by atoms with Crippen molar-refractivity contribution in [2.75, 3.05) is 24.2 Å². The minimum absolute atomic E-state index is 0.186. The smallest absolute Gasteiger partial charge is 0.223 e. The number of piperidine rings is 1. The summed E-state index contributed by atoms with van der Waals surface area (Å²) in [6.45, 7) is 1.57. The van der Waals surface area contributed by atoms with Gasteiger partial charge in [0.25, 0.3) is 0 Å². The molecule has 2 aromatic rings. The number of thiol groups is 1. The highest BCUT2D eigenvalue weighted by Gasteiger charge is 2.23. The van der Waals surface area contributed by atoms with Gasteiger partial charge in [0.2, 0.25) is 5.91 Å². The van der Waals surface area contributed by atoms with Gasteiger partial charge in [0.15, 0.2) is 0 Å². The number of hydrogen-bond donors (Lipinski definition) is 3. The molecule has 1 saturated heterocycles. The number of H-pyrrole nitrogens is 1. The van der Waals surface area contributed by atoms with Gasteiger partial charge in [-0.2, -0.15) is 12.6 Å². The van der Waals surface area contributed by atoms with Crippen LogP contribution in [0.15, 0.2) is 18.6 Å². The molecule has 1 aliphatic heterocycles. The first-order valence-electron chi connectivity index (χ1n) is 7.21. The Morgan fingerprint density at radius 3 is 3.29 bits per heavy atom. The molecular formula is C14H19N5OS. The predicted molar refractivity (Wildman–Crippen MR) is 85.6 cm³/mol. The number of fused-ring (bicyclic) bond motifs is 1. The number of rotatable bonds is 4. The second-order valence-electron chi connectivity index (χ2n) is 5.26. The van der Waals surface area contributed by atoms with Crippen LogP contribution in [0.3, 0.4) is 0 Å². The normalized spacial score (nSPS) is 18.9. The van der Waals surface area contributed by atoms with Gasteiger partial charge >= 0.3 is 0 Å². The Labute approximate surface area is 128 Å². The van der Waals surface area contributed by atoms with E-state index in [0.717, 1.165) is 42.8 Å². The lowest BCUT2D eigenvalue weighted by atomic mass is 10.1. The average Bonchev–Trinajstić information content (AvgIpc) is 2.97. The van der Waals surface area contributed by atoms with Crippen molar-refractivity contribution in [3.63, 3.8) is 0 Å². The lowest BCUT2D eigenvalue weighted by Gasteiger charge is -2.33. The fourth-order valence-corrected chi connectivity index (χ4v) is 2.95. The van der Waals surface area contributed by atoms with Gasteiger partial charge < -0.3 is 15.2 Å². The van der Waals surface area contributed by atoms with Gasteiger partial charge in [-0.25, -0.2) is 9.97 Å². The summed E-state index contributed by atoms with van der Waals surface area (Å²) in [4.78, 5) is 25.5. The Balaban J connectivity index is 1.70. The Morgan fingerprint density at radius 2 is 2.43 bits per heavy atom. The average molecular weight is 305 g/mol. The standard InChI is InChI=1S/C14H19N5OS/c20-12(4-7-21)19-6-1-2-10(8-19)18-14-11-3-5-15-13(11)16-9-17-14/h3,5,9-10,21H,1-2,4,6-8H2,(H2,15,16,17,18)/t10-/m1/s1. The van der Waals surface area contributed by atoms with E-state index >= 15 is 0 Å². The van der Waals surface area contributed by atoms with Crippen molar-refractivity contribution in [3.05, 3.63) is 18.6 Å². The fraction of sp³-hybridized carbons (Fsp3) is 0.500. The van der Waals surface area contributed by atoms with E-state index in [1.165, 1.54) is 0 Å². The lowest BCUT2D eigenvalue weighted by Crippen LogP contribution is -2.45. The number of carbonyl (C=O) groups is 1. The third kappa shape index (κ3) is 3.12. The predicted octanol–water partition coefficient (Wildman–Crippen LogP) is 1.68. The molecule has 21 heavy (non-hydrogen) atoms. The summed E-state index contributed by atoms with van der Waals surface area (Å²) in [5.41, 5.74) is 0.825. The highest BCUT2D eigenvalue weighted by atomic mass is 32.1. The van der Waals surface area contributed by atoms with Crippen molar-refractivity contribution in [2.45, 2.75) is 25.3 Å². The number of likely N-dealkylation sites (tertiary alicyclic amines) is 1. The van der Waals surface area contributed by atoms with Gasteiger partial charge in [0.1, 0.15) is 17.8 Å². The summed E-state index contributed by atoms with van der Waals surface area (Å²) in [5.74, 6) is 1.62. The van der Waals surface area contributed by atoms with Crippen molar-refractivity contribution >= 4 is 35.4 Å². The molecule has 3 rings (SSSR count). The number of aromatic amines is 1. The molecule has 0 aliphatic carbocycles. The third-order valence-electron chi connectivity index (χ3n) is 3.79. The molecule has 1 aliphatic rings. The molecule has 0 bridgehead atoms. The molecular weight excluding hydrogens is 286 g/mol. The second-order valence-corrected chi connectivity index (χ2v) is 5.71. The zero-order valence-electron chi connectivity index (χ0n) is 11.7. The molecule has 7 heteroatoms. The summed E-state index contributed by atoms with van der Waals surface area (Å²) < 4.78 is 0. The molecule has 1 amide bonds. The van der Waals surface area contributed by atoms with Gasteiger partial charge in [-0.05, 0) is 24.7 Å². The molecule has 3 heterocycles. The zero-order valence-corrected chi connectivity index (χ0v) is 12.6. The summed E-state index contributed by atoms with van der Waals surface area (Å²) >= 11 is 4.13. The van der Waals surface area contributed by atoms with Gasteiger partial charge in [-0.3, -0.25) is 4.79 Å². The van der Waals surface area contributed by atoms with Crippen LogP contribution in [0, 0.1) is 0 Å². The van der Waals surface area contributed by atoms with Crippen molar-refractivity contribution in [1.29, 1.82) is 0 Å². The monoisotopic (exact) mass is 305 g/mol. The first-order valence-corrected chi connectivity index (χ1v) is 7.84. The maximum absolute atomic E-state index is 12.0. The Kier molecular flexibility index (Phi) is 4.28. The molecule has 0 unspecified atom stereocenters. The number of hydrogen-bond acceptors (Lipinski definition) is 5. The minimum atomic E-state index is 0.186. The molecule has 0 spiro atoms. The minimum Gasteiger partial charge on any atom is -0.365 e. The SMILES string of the molecule is O=C(CCS)N1CCC[C@@H](Nc2ncnc3[nH]ccc23)C1. The Morgan fingerprint density at radius 1 is 1.52 bits per heavy atom. The van der Waals surface area contributed by atoms with Crippen LogP contribution in [0.2, 0.25) is 0 Å². The van der Waals surface area contributed by atoms with Crippen molar-refractivity contribution in [3.8, 4) is 0 Å². The maximum Gasteiger partial charge on any atom is 0.223 e. The molecule has 0 radical (unpaired) electrons. The van der Waals surface area contributed by atoms with Crippen molar-refractivity contribution in [1.82, 2.24) is 19.9 Å². The molecule has 6 nitrogen and oxygen atoms in total. The quantitative estimate of drug-likeness (QED) is 0.751. The van der Waals surface area contributed by atoms with Crippen LogP contribution in [0.4, 0.5) is 5.82 Å². The van der Waals surface area contributed by atoms with Gasteiger partial charge in [-0.1, -0.05) is 0 Å². The van der Waals surface area contributed by atoms with Crippen LogP contribution in [0.1, 0.15) is 19.3 Å². The van der Waals surface area contributed by atoms with Crippen LogP contribution in [-0.4, -0.2) is 50.6 Å². The maximum atomic E-state index is 12.0. The number of nitrogens with zero attached hydrogens (tertiary/aromatic N) is 3. The third-order valence-corrected chi connectivity index (χ3v) is 4.02. The summed E-state index contributed by atoms with van der Waals surface area (Å²) in [5, 5.41) is 4.44. The highest BCUT2D eigenvalue weighted by Crippen LogP contribution is 2.21. The molecule has 2 aromatic heterocycles. The van der Waals surface area contributed by atoms with E-state index in [0.29, 0.717) is 12.2 Å². The van der Waals surface area contributed by atoms with E-state index < -0.39 is 0 Å². The number of amides is 1. The Bertz CT molecular complexity index is 629. The lowest BCUT2D eigenvalue weighted by molar-refractivity contribution is -0.131. The number of anilines is 1. The first-order chi connectivity index (χ1) is 10.3. The van der Waals surface area contributed by atoms with Crippen LogP contribution in [0.5, 0.6) is 0 Å². The first kappa shape index (κ1) is 14.2. The van der Waals surface area contributed by atoms with Crippen molar-refractivity contribution in [2.24, 2.45) is 0 Å². The molecule has 2 N–H and O–H groups in total. The molecule has 0 aromatic carbocycles. The van der Waals surface area contributed by atoms with E-state index in [1.54, 1.807) is 6.33 Å². The van der Waals surface area contributed by atoms with E-state index in [1.807, 2.05) is 17.2 Å². The summed E-state index contributed by atoms with van der Waals surface area (Å²) in [7, 11) is 0. The second kappa shape index (κ2) is 6.34. The van der Waals surface area contributed by atoms with Crippen LogP contribution in [-0.2, 0) is 4.79 Å². The van der Waals surface area contributed by atoms with Gasteiger partial charge in [0, 0.05) is 31.7 Å². The van der Waals surface area contributed by atoms with Crippen LogP contribution < -0.4 is 5.32 Å². The molecule has 1 atom stereocenters. The zero-order chi connectivity index (χ0) is 14.7. The Hall–Kier alpha value is -1.76. The van der Waals surface area contributed by atoms with E-state index in [-0.39, 0.29) is 11.9 Å². The molecule has 1 fully saturated rings. The van der Waals surface area contributed by atoms with Crippen LogP contribution >= 0.6 is 12.6 Å². The molecule has 0 saturated carbocycles. The number of aromatic nitrogens is 3. The topological polar surface area (TPSA) is 73.9 Å². The fourth-order valence-electron chi connectivity index (χ4n) is 2.76. The van der Waals surface area contributed by atoms with E-state index in [9.17, 15) is 4.79 Å². The largest absolute Gasteiger partial charge is 0.365 e. The highest BCUT2D eigenvalue weighted by molar-refractivity contribution is 7.80. The van der Waals surface area contributed by atoms with Gasteiger partial charge in [0.05, 0.1) is 5.39 Å². The van der Waals surface area contributed by atoms with E-state index in [2.05, 4.69) is 32.9 Å². The van der Waals surface area contributed by atoms with E-state index in [4.69, 9.17) is 0 Å². The van der Waals surface area contributed by atoms with Gasteiger partial charge in [-0.15, -0.1) is 0 Å². The number of carbonyl (C=O) groups excluding carboxylic acids is 1. The van der Waals surface area contributed by atoms with Crippen LogP contribution in [0.25, 0.3) is 11.0 Å². The summed E-state index contributed by atoms with van der Waals surface area (Å²) in [6, 6.07) is 2.19.